The highest BCUT2D eigenvalue weighted by Gasteiger charge is 2.35. The molecule has 6 heteroatoms. The number of piperidine rings is 1. The molecule has 0 radical (unpaired) electrons. The van der Waals surface area contributed by atoms with E-state index in [1.54, 1.807) is 13.0 Å². The first-order valence-electron chi connectivity index (χ1n) is 8.67. The van der Waals surface area contributed by atoms with Gasteiger partial charge in [0.2, 0.25) is 5.91 Å². The summed E-state index contributed by atoms with van der Waals surface area (Å²) in [5.74, 6) is 0.664. The number of hydrogen-bond donors (Lipinski definition) is 1. The lowest BCUT2D eigenvalue weighted by atomic mass is 9.79. The molecule has 1 aliphatic heterocycles. The van der Waals surface area contributed by atoms with Gasteiger partial charge in [-0.05, 0) is 39.2 Å². The highest BCUT2D eigenvalue weighted by atomic mass is 16.2. The van der Waals surface area contributed by atoms with Crippen molar-refractivity contribution in [2.24, 2.45) is 0 Å². The Morgan fingerprint density at radius 1 is 1.33 bits per heavy atom. The van der Waals surface area contributed by atoms with Gasteiger partial charge in [0.15, 0.2) is 0 Å². The Bertz CT molecular complexity index is 621. The number of amides is 2. The molecule has 1 aliphatic rings. The zero-order valence-electron chi connectivity index (χ0n) is 15.3. The molecule has 2 heterocycles. The van der Waals surface area contributed by atoms with Gasteiger partial charge in [-0.2, -0.15) is 0 Å². The maximum Gasteiger partial charge on any atom is 0.270 e. The minimum atomic E-state index is -0.205. The molecule has 0 aliphatic carbocycles. The number of likely N-dealkylation sites (tertiary alicyclic amines) is 1. The van der Waals surface area contributed by atoms with Gasteiger partial charge in [0.1, 0.15) is 11.5 Å². The van der Waals surface area contributed by atoms with E-state index in [0.717, 1.165) is 25.0 Å². The number of hydrogen-bond acceptors (Lipinski definition) is 4. The molecule has 1 aromatic rings. The molecule has 0 unspecified atom stereocenters. The lowest BCUT2D eigenvalue weighted by molar-refractivity contribution is -0.130. The molecule has 1 saturated heterocycles. The molecular formula is C18H28N4O2. The number of carbonyl (C=O) groups excluding carboxylic acids is 2. The lowest BCUT2D eigenvalue weighted by Crippen LogP contribution is -2.44. The minimum absolute atomic E-state index is 0.107. The molecule has 2 rings (SSSR count). The van der Waals surface area contributed by atoms with Crippen molar-refractivity contribution < 1.29 is 9.59 Å². The van der Waals surface area contributed by atoms with Crippen LogP contribution in [0.1, 0.15) is 69.0 Å². The predicted octanol–water partition coefficient (Wildman–Crippen LogP) is 2.21. The first kappa shape index (κ1) is 18.4. The van der Waals surface area contributed by atoms with E-state index in [4.69, 9.17) is 0 Å². The molecule has 0 spiro atoms. The molecule has 24 heavy (non-hydrogen) atoms. The van der Waals surface area contributed by atoms with Gasteiger partial charge in [-0.25, -0.2) is 9.97 Å². The number of rotatable bonds is 4. The lowest BCUT2D eigenvalue weighted by Gasteiger charge is -2.38. The maximum atomic E-state index is 12.4. The first-order valence-corrected chi connectivity index (χ1v) is 8.67. The third kappa shape index (κ3) is 4.10. The summed E-state index contributed by atoms with van der Waals surface area (Å²) in [4.78, 5) is 34.9. The molecule has 1 aromatic heterocycles. The minimum Gasteiger partial charge on any atom is -0.348 e. The van der Waals surface area contributed by atoms with Crippen LogP contribution in [-0.2, 0) is 10.2 Å². The van der Waals surface area contributed by atoms with Gasteiger partial charge >= 0.3 is 0 Å². The Morgan fingerprint density at radius 3 is 2.50 bits per heavy atom. The van der Waals surface area contributed by atoms with Crippen molar-refractivity contribution >= 4 is 11.8 Å². The Balaban J connectivity index is 2.22. The van der Waals surface area contributed by atoms with Crippen molar-refractivity contribution in [3.05, 3.63) is 23.3 Å². The highest BCUT2D eigenvalue weighted by molar-refractivity contribution is 5.92. The third-order valence-corrected chi connectivity index (χ3v) is 4.93. The summed E-state index contributed by atoms with van der Waals surface area (Å²) in [6.45, 7) is 11.0. The number of carbonyl (C=O) groups is 2. The number of aryl methyl sites for hydroxylation is 1. The van der Waals surface area contributed by atoms with Crippen molar-refractivity contribution in [3.8, 4) is 0 Å². The smallest absolute Gasteiger partial charge is 0.270 e. The van der Waals surface area contributed by atoms with E-state index in [2.05, 4.69) is 22.2 Å². The van der Waals surface area contributed by atoms with E-state index in [1.807, 2.05) is 25.7 Å². The predicted molar refractivity (Wildman–Crippen MR) is 92.8 cm³/mol. The van der Waals surface area contributed by atoms with Crippen molar-refractivity contribution in [1.29, 1.82) is 0 Å². The Hall–Kier alpha value is -1.98. The van der Waals surface area contributed by atoms with Crippen LogP contribution in [0, 0.1) is 6.92 Å². The second kappa shape index (κ2) is 7.28. The summed E-state index contributed by atoms with van der Waals surface area (Å²) in [5, 5.41) is 2.96. The number of nitrogens with one attached hydrogen (secondary N) is 1. The summed E-state index contributed by atoms with van der Waals surface area (Å²) in [5.41, 5.74) is 1.01. The van der Waals surface area contributed by atoms with Crippen molar-refractivity contribution in [1.82, 2.24) is 20.2 Å². The van der Waals surface area contributed by atoms with Gasteiger partial charge in [0.25, 0.3) is 5.91 Å². The van der Waals surface area contributed by atoms with Gasteiger partial charge in [-0.1, -0.05) is 13.8 Å². The molecule has 6 nitrogen and oxygen atoms in total. The monoisotopic (exact) mass is 332 g/mol. The second-order valence-corrected chi connectivity index (χ2v) is 7.07. The summed E-state index contributed by atoms with van der Waals surface area (Å²) in [6.07, 6.45) is 2.49. The van der Waals surface area contributed by atoms with Crippen LogP contribution >= 0.6 is 0 Å². The highest BCUT2D eigenvalue weighted by Crippen LogP contribution is 2.33. The first-order chi connectivity index (χ1) is 11.2. The zero-order chi connectivity index (χ0) is 17.9. The third-order valence-electron chi connectivity index (χ3n) is 4.93. The van der Waals surface area contributed by atoms with E-state index >= 15 is 0 Å². The normalized spacial score (nSPS) is 18.1. The number of aromatic nitrogens is 2. The average Bonchev–Trinajstić information content (AvgIpc) is 2.54. The average molecular weight is 332 g/mol. The Morgan fingerprint density at radius 2 is 1.96 bits per heavy atom. The standard InChI is InChI=1S/C18H28N4O2/c1-6-12(2)19-16(24)15-11-13(3)20-17(21-15)18(5)7-9-22(10-8-18)14(4)23/h11-12H,6-10H2,1-5H3,(H,19,24)/t12-/m1/s1. The van der Waals surface area contributed by atoms with Gasteiger partial charge in [-0.3, -0.25) is 9.59 Å². The van der Waals surface area contributed by atoms with Gasteiger partial charge in [-0.15, -0.1) is 0 Å². The second-order valence-electron chi connectivity index (χ2n) is 7.07. The molecule has 2 amide bonds. The summed E-state index contributed by atoms with van der Waals surface area (Å²) < 4.78 is 0. The van der Waals surface area contributed by atoms with Gasteiger partial charge in [0.05, 0.1) is 0 Å². The van der Waals surface area contributed by atoms with Crippen LogP contribution in [0.3, 0.4) is 0 Å². The Labute approximate surface area is 144 Å². The zero-order valence-corrected chi connectivity index (χ0v) is 15.3. The maximum absolute atomic E-state index is 12.4. The molecule has 0 bridgehead atoms. The Kier molecular flexibility index (Phi) is 5.57. The molecule has 1 atom stereocenters. The van der Waals surface area contributed by atoms with E-state index in [1.165, 1.54) is 0 Å². The molecule has 132 valence electrons. The fraction of sp³-hybridized carbons (Fsp3) is 0.667. The molecular weight excluding hydrogens is 304 g/mol. The van der Waals surface area contributed by atoms with Crippen molar-refractivity contribution in [2.45, 2.75) is 65.3 Å². The summed E-state index contributed by atoms with van der Waals surface area (Å²) in [6, 6.07) is 1.85. The van der Waals surface area contributed by atoms with Crippen LogP contribution in [0.25, 0.3) is 0 Å². The van der Waals surface area contributed by atoms with Crippen LogP contribution in [0.15, 0.2) is 6.07 Å². The topological polar surface area (TPSA) is 75.2 Å². The molecule has 0 aromatic carbocycles. The fourth-order valence-corrected chi connectivity index (χ4v) is 2.89. The van der Waals surface area contributed by atoms with Crippen LogP contribution < -0.4 is 5.32 Å². The van der Waals surface area contributed by atoms with E-state index in [9.17, 15) is 9.59 Å². The van der Waals surface area contributed by atoms with E-state index in [-0.39, 0.29) is 23.3 Å². The summed E-state index contributed by atoms with van der Waals surface area (Å²) in [7, 11) is 0. The molecule has 0 saturated carbocycles. The largest absolute Gasteiger partial charge is 0.348 e. The fourth-order valence-electron chi connectivity index (χ4n) is 2.89. The molecule has 1 N–H and O–H groups in total. The van der Waals surface area contributed by atoms with Crippen molar-refractivity contribution in [3.63, 3.8) is 0 Å². The van der Waals surface area contributed by atoms with Gasteiger partial charge < -0.3 is 10.2 Å². The van der Waals surface area contributed by atoms with Gasteiger partial charge in [0, 0.05) is 37.2 Å². The number of nitrogens with zero attached hydrogens (tertiary/aromatic N) is 3. The van der Waals surface area contributed by atoms with E-state index < -0.39 is 0 Å². The SMILES string of the molecule is CC[C@@H](C)NC(=O)c1cc(C)nc(C2(C)CCN(C(C)=O)CC2)n1. The van der Waals surface area contributed by atoms with Crippen LogP contribution in [0.5, 0.6) is 0 Å². The quantitative estimate of drug-likeness (QED) is 0.917. The van der Waals surface area contributed by atoms with E-state index in [0.29, 0.717) is 24.6 Å². The van der Waals surface area contributed by atoms with Crippen molar-refractivity contribution in [2.75, 3.05) is 13.1 Å². The van der Waals surface area contributed by atoms with Crippen LogP contribution in [0.4, 0.5) is 0 Å². The summed E-state index contributed by atoms with van der Waals surface area (Å²) >= 11 is 0. The van der Waals surface area contributed by atoms with Crippen LogP contribution in [0.2, 0.25) is 0 Å². The van der Waals surface area contributed by atoms with Crippen LogP contribution in [-0.4, -0.2) is 45.8 Å². The molecule has 1 fully saturated rings.